The largest absolute Gasteiger partial charge is 0.377 e. The Kier molecular flexibility index (Phi) is 3.78. The first-order valence-corrected chi connectivity index (χ1v) is 6.15. The zero-order valence-electron chi connectivity index (χ0n) is 8.87. The van der Waals surface area contributed by atoms with Gasteiger partial charge in [0, 0.05) is 23.7 Å². The fourth-order valence-electron chi connectivity index (χ4n) is 1.88. The fourth-order valence-corrected chi connectivity index (χ4v) is 2.31. The number of ether oxygens (including phenoxy) is 1. The molecule has 0 spiro atoms. The van der Waals surface area contributed by atoms with Gasteiger partial charge in [0.05, 0.1) is 6.10 Å². The minimum absolute atomic E-state index is 0.340. The minimum atomic E-state index is 0.340. The quantitative estimate of drug-likeness (QED) is 0.911. The van der Waals surface area contributed by atoms with Gasteiger partial charge in [0.2, 0.25) is 0 Å². The molecule has 0 aromatic heterocycles. The molecule has 2 nitrogen and oxygen atoms in total. The van der Waals surface area contributed by atoms with Crippen LogP contribution in [0.25, 0.3) is 0 Å². The summed E-state index contributed by atoms with van der Waals surface area (Å²) in [4.78, 5) is 0. The first-order chi connectivity index (χ1) is 7.27. The predicted molar refractivity (Wildman–Crippen MR) is 64.8 cm³/mol. The van der Waals surface area contributed by atoms with Crippen molar-refractivity contribution in [3.8, 4) is 0 Å². The molecule has 3 heteroatoms. The van der Waals surface area contributed by atoms with E-state index in [4.69, 9.17) is 4.74 Å². The lowest BCUT2D eigenvalue weighted by molar-refractivity contribution is 0.113. The summed E-state index contributed by atoms with van der Waals surface area (Å²) in [6, 6.07) is 8.81. The highest BCUT2D eigenvalue weighted by molar-refractivity contribution is 9.10. The van der Waals surface area contributed by atoms with Crippen molar-refractivity contribution in [1.82, 2.24) is 5.32 Å². The van der Waals surface area contributed by atoms with E-state index in [1.54, 1.807) is 0 Å². The van der Waals surface area contributed by atoms with Crippen molar-refractivity contribution in [1.29, 1.82) is 0 Å². The van der Waals surface area contributed by atoms with Crippen LogP contribution in [0.15, 0.2) is 28.7 Å². The lowest BCUT2D eigenvalue weighted by Gasteiger charge is -2.16. The van der Waals surface area contributed by atoms with E-state index in [1.165, 1.54) is 10.0 Å². The normalized spacial score (nSPS) is 25.7. The highest BCUT2D eigenvalue weighted by Gasteiger charge is 2.23. The van der Waals surface area contributed by atoms with Crippen LogP contribution in [0.5, 0.6) is 0 Å². The standard InChI is InChI=1S/C12H16BrNO/c1-9-12(6-7-15-9)14-8-10-4-2-3-5-11(10)13/h2-5,9,12,14H,6-8H2,1H3/t9-,12-/m0/s1. The first-order valence-electron chi connectivity index (χ1n) is 5.36. The van der Waals surface area contributed by atoms with Gasteiger partial charge >= 0.3 is 0 Å². The van der Waals surface area contributed by atoms with Gasteiger partial charge in [-0.15, -0.1) is 0 Å². The number of halogens is 1. The van der Waals surface area contributed by atoms with Crippen molar-refractivity contribution in [3.05, 3.63) is 34.3 Å². The van der Waals surface area contributed by atoms with Crippen LogP contribution in [0.3, 0.4) is 0 Å². The highest BCUT2D eigenvalue weighted by Crippen LogP contribution is 2.17. The van der Waals surface area contributed by atoms with E-state index < -0.39 is 0 Å². The van der Waals surface area contributed by atoms with Gasteiger partial charge in [-0.2, -0.15) is 0 Å². The molecule has 0 saturated carbocycles. The molecule has 0 aliphatic carbocycles. The van der Waals surface area contributed by atoms with Crippen molar-refractivity contribution in [2.45, 2.75) is 32.0 Å². The van der Waals surface area contributed by atoms with Gasteiger partial charge in [-0.05, 0) is 25.0 Å². The maximum atomic E-state index is 5.51. The third-order valence-corrected chi connectivity index (χ3v) is 3.66. The van der Waals surface area contributed by atoms with Gasteiger partial charge in [0.15, 0.2) is 0 Å². The highest BCUT2D eigenvalue weighted by atomic mass is 79.9. The van der Waals surface area contributed by atoms with E-state index in [0.717, 1.165) is 19.6 Å². The average Bonchev–Trinajstić information content (AvgIpc) is 2.63. The summed E-state index contributed by atoms with van der Waals surface area (Å²) < 4.78 is 6.68. The van der Waals surface area contributed by atoms with Crippen molar-refractivity contribution >= 4 is 15.9 Å². The fraction of sp³-hybridized carbons (Fsp3) is 0.500. The summed E-state index contributed by atoms with van der Waals surface area (Å²) in [5.41, 5.74) is 1.30. The lowest BCUT2D eigenvalue weighted by atomic mass is 10.1. The Morgan fingerprint density at radius 1 is 1.47 bits per heavy atom. The molecule has 0 amide bonds. The van der Waals surface area contributed by atoms with Crippen molar-refractivity contribution < 1.29 is 4.74 Å². The van der Waals surface area contributed by atoms with E-state index in [0.29, 0.717) is 12.1 Å². The summed E-state index contributed by atoms with van der Waals surface area (Å²) in [5, 5.41) is 3.53. The Labute approximate surface area is 99.1 Å². The van der Waals surface area contributed by atoms with Crippen molar-refractivity contribution in [2.75, 3.05) is 6.61 Å². The summed E-state index contributed by atoms with van der Waals surface area (Å²) >= 11 is 3.55. The van der Waals surface area contributed by atoms with E-state index in [1.807, 2.05) is 6.07 Å². The van der Waals surface area contributed by atoms with Crippen LogP contribution in [-0.2, 0) is 11.3 Å². The van der Waals surface area contributed by atoms with Gasteiger partial charge in [-0.25, -0.2) is 0 Å². The second kappa shape index (κ2) is 5.10. The molecule has 0 bridgehead atoms. The Morgan fingerprint density at radius 3 is 2.93 bits per heavy atom. The van der Waals surface area contributed by atoms with Crippen LogP contribution in [-0.4, -0.2) is 18.8 Å². The first kappa shape index (κ1) is 11.1. The van der Waals surface area contributed by atoms with Crippen molar-refractivity contribution in [3.63, 3.8) is 0 Å². The number of benzene rings is 1. The molecule has 1 saturated heterocycles. The third kappa shape index (κ3) is 2.80. The number of rotatable bonds is 3. The second-order valence-corrected chi connectivity index (χ2v) is 4.80. The lowest BCUT2D eigenvalue weighted by Crippen LogP contribution is -2.34. The van der Waals surface area contributed by atoms with Gasteiger partial charge in [-0.3, -0.25) is 0 Å². The second-order valence-electron chi connectivity index (χ2n) is 3.94. The Balaban J connectivity index is 1.90. The van der Waals surface area contributed by atoms with Crippen LogP contribution < -0.4 is 5.32 Å². The molecule has 82 valence electrons. The van der Waals surface area contributed by atoms with Crippen molar-refractivity contribution in [2.24, 2.45) is 0 Å². The van der Waals surface area contributed by atoms with Crippen LogP contribution in [0, 0.1) is 0 Å². The Bertz CT molecular complexity index is 329. The zero-order chi connectivity index (χ0) is 10.7. The molecule has 15 heavy (non-hydrogen) atoms. The number of hydrogen-bond donors (Lipinski definition) is 1. The summed E-state index contributed by atoms with van der Waals surface area (Å²) in [6.45, 7) is 3.92. The molecule has 2 rings (SSSR count). The predicted octanol–water partition coefficient (Wildman–Crippen LogP) is 2.72. The topological polar surface area (TPSA) is 21.3 Å². The average molecular weight is 270 g/mol. The molecule has 1 heterocycles. The van der Waals surface area contributed by atoms with Gasteiger partial charge < -0.3 is 10.1 Å². The van der Waals surface area contributed by atoms with E-state index in [9.17, 15) is 0 Å². The maximum Gasteiger partial charge on any atom is 0.0700 e. The number of nitrogens with one attached hydrogen (secondary N) is 1. The van der Waals surface area contributed by atoms with E-state index in [2.05, 4.69) is 46.4 Å². The van der Waals surface area contributed by atoms with E-state index in [-0.39, 0.29) is 0 Å². The molecular formula is C12H16BrNO. The Morgan fingerprint density at radius 2 is 2.27 bits per heavy atom. The molecule has 1 fully saturated rings. The zero-order valence-corrected chi connectivity index (χ0v) is 10.5. The molecule has 1 aliphatic heterocycles. The molecule has 0 radical (unpaired) electrons. The molecule has 0 unspecified atom stereocenters. The van der Waals surface area contributed by atoms with Crippen LogP contribution in [0.4, 0.5) is 0 Å². The minimum Gasteiger partial charge on any atom is -0.377 e. The van der Waals surface area contributed by atoms with Crippen LogP contribution in [0.2, 0.25) is 0 Å². The summed E-state index contributed by atoms with van der Waals surface area (Å²) in [5.74, 6) is 0. The smallest absolute Gasteiger partial charge is 0.0700 e. The summed E-state index contributed by atoms with van der Waals surface area (Å²) in [6.07, 6.45) is 1.46. The molecule has 1 aromatic carbocycles. The molecular weight excluding hydrogens is 254 g/mol. The summed E-state index contributed by atoms with van der Waals surface area (Å²) in [7, 11) is 0. The molecule has 2 atom stereocenters. The third-order valence-electron chi connectivity index (χ3n) is 2.89. The molecule has 1 N–H and O–H groups in total. The molecule has 1 aliphatic rings. The number of hydrogen-bond acceptors (Lipinski definition) is 2. The van der Waals surface area contributed by atoms with E-state index >= 15 is 0 Å². The van der Waals surface area contributed by atoms with Gasteiger partial charge in [0.1, 0.15) is 0 Å². The maximum absolute atomic E-state index is 5.51. The monoisotopic (exact) mass is 269 g/mol. The Hall–Kier alpha value is -0.380. The SMILES string of the molecule is C[C@@H]1OCC[C@@H]1NCc1ccccc1Br. The molecule has 1 aromatic rings. The van der Waals surface area contributed by atoms with Crippen LogP contribution in [0.1, 0.15) is 18.9 Å². The van der Waals surface area contributed by atoms with Gasteiger partial charge in [-0.1, -0.05) is 34.1 Å². The van der Waals surface area contributed by atoms with Gasteiger partial charge in [0.25, 0.3) is 0 Å². The van der Waals surface area contributed by atoms with Crippen LogP contribution >= 0.6 is 15.9 Å².